The molecule has 0 radical (unpaired) electrons. The Hall–Kier alpha value is -1.95. The summed E-state index contributed by atoms with van der Waals surface area (Å²) in [5.41, 5.74) is 4.76. The Morgan fingerprint density at radius 1 is 1.07 bits per heavy atom. The highest BCUT2D eigenvalue weighted by Gasteiger charge is 2.28. The van der Waals surface area contributed by atoms with Crippen molar-refractivity contribution in [3.63, 3.8) is 0 Å². The predicted octanol–water partition coefficient (Wildman–Crippen LogP) is 4.05. The molecule has 2 N–H and O–H groups in total. The van der Waals surface area contributed by atoms with Crippen LogP contribution in [0.1, 0.15) is 29.7 Å². The molecule has 1 aliphatic heterocycles. The standard InChI is InChI=1S/C22H29N3OS/c1-16-9-10-17(2)20(15-16)24-22(27)23-18(3)21(19-7-5-4-6-8-19)25-11-13-26-14-12-25/h4-10,15,18,21H,11-14H2,1-3H3,(H2,23,24,27)/t18-,21-/m1/s1. The van der Waals surface area contributed by atoms with E-state index in [0.29, 0.717) is 5.11 Å². The van der Waals surface area contributed by atoms with Gasteiger partial charge in [0.1, 0.15) is 0 Å². The molecule has 27 heavy (non-hydrogen) atoms. The lowest BCUT2D eigenvalue weighted by Gasteiger charge is -2.38. The molecule has 4 nitrogen and oxygen atoms in total. The summed E-state index contributed by atoms with van der Waals surface area (Å²) in [6.45, 7) is 9.81. The normalized spacial score (nSPS) is 17.1. The second-order valence-electron chi connectivity index (χ2n) is 7.21. The van der Waals surface area contributed by atoms with Gasteiger partial charge in [-0.1, -0.05) is 42.5 Å². The smallest absolute Gasteiger partial charge is 0.171 e. The van der Waals surface area contributed by atoms with Crippen LogP contribution in [0.2, 0.25) is 0 Å². The molecule has 0 amide bonds. The van der Waals surface area contributed by atoms with E-state index in [4.69, 9.17) is 17.0 Å². The molecule has 0 aromatic heterocycles. The number of morpholine rings is 1. The number of benzene rings is 2. The van der Waals surface area contributed by atoms with Gasteiger partial charge in [0.15, 0.2) is 5.11 Å². The fourth-order valence-electron chi connectivity index (χ4n) is 3.64. The Morgan fingerprint density at radius 3 is 2.48 bits per heavy atom. The van der Waals surface area contributed by atoms with Crippen LogP contribution in [0.3, 0.4) is 0 Å². The first-order chi connectivity index (χ1) is 13.0. The second-order valence-corrected chi connectivity index (χ2v) is 7.62. The molecule has 2 aromatic carbocycles. The summed E-state index contributed by atoms with van der Waals surface area (Å²) in [6, 6.07) is 17.4. The van der Waals surface area contributed by atoms with Crippen molar-refractivity contribution in [3.05, 3.63) is 65.2 Å². The largest absolute Gasteiger partial charge is 0.379 e. The van der Waals surface area contributed by atoms with Crippen molar-refractivity contribution in [1.82, 2.24) is 10.2 Å². The van der Waals surface area contributed by atoms with Crippen molar-refractivity contribution in [3.8, 4) is 0 Å². The zero-order valence-corrected chi connectivity index (χ0v) is 17.2. The van der Waals surface area contributed by atoms with Gasteiger partial charge in [-0.2, -0.15) is 0 Å². The van der Waals surface area contributed by atoms with Crippen LogP contribution < -0.4 is 10.6 Å². The number of ether oxygens (including phenoxy) is 1. The van der Waals surface area contributed by atoms with Crippen LogP contribution in [0.5, 0.6) is 0 Å². The average molecular weight is 384 g/mol. The van der Waals surface area contributed by atoms with E-state index >= 15 is 0 Å². The number of rotatable bonds is 5. The zero-order chi connectivity index (χ0) is 19.2. The van der Waals surface area contributed by atoms with E-state index in [1.165, 1.54) is 16.7 Å². The number of nitrogens with one attached hydrogen (secondary N) is 2. The van der Waals surface area contributed by atoms with Crippen LogP contribution in [0.15, 0.2) is 48.5 Å². The topological polar surface area (TPSA) is 36.5 Å². The Bertz CT molecular complexity index is 759. The Labute approximate surface area is 167 Å². The first-order valence-corrected chi connectivity index (χ1v) is 9.97. The van der Waals surface area contributed by atoms with E-state index in [-0.39, 0.29) is 12.1 Å². The molecular formula is C22H29N3OS. The van der Waals surface area contributed by atoms with E-state index in [1.54, 1.807) is 0 Å². The van der Waals surface area contributed by atoms with Crippen LogP contribution in [-0.4, -0.2) is 42.4 Å². The van der Waals surface area contributed by atoms with E-state index < -0.39 is 0 Å². The summed E-state index contributed by atoms with van der Waals surface area (Å²) >= 11 is 5.62. The van der Waals surface area contributed by atoms with E-state index in [2.05, 4.69) is 84.8 Å². The summed E-state index contributed by atoms with van der Waals surface area (Å²) < 4.78 is 5.55. The fourth-order valence-corrected chi connectivity index (χ4v) is 3.93. The molecule has 2 atom stereocenters. The van der Waals surface area contributed by atoms with Gasteiger partial charge in [-0.3, -0.25) is 4.90 Å². The van der Waals surface area contributed by atoms with Crippen LogP contribution in [0.25, 0.3) is 0 Å². The molecule has 1 fully saturated rings. The summed E-state index contributed by atoms with van der Waals surface area (Å²) in [4.78, 5) is 2.48. The highest BCUT2D eigenvalue weighted by Crippen LogP contribution is 2.25. The van der Waals surface area contributed by atoms with E-state index in [9.17, 15) is 0 Å². The highest BCUT2D eigenvalue weighted by molar-refractivity contribution is 7.80. The summed E-state index contributed by atoms with van der Waals surface area (Å²) in [5, 5.41) is 7.53. The number of nitrogens with zero attached hydrogens (tertiary/aromatic N) is 1. The summed E-state index contributed by atoms with van der Waals surface area (Å²) in [5.74, 6) is 0. The Morgan fingerprint density at radius 2 is 1.78 bits per heavy atom. The molecule has 1 saturated heterocycles. The fraction of sp³-hybridized carbons (Fsp3) is 0.409. The molecule has 0 saturated carbocycles. The van der Waals surface area contributed by atoms with Crippen molar-refractivity contribution in [2.75, 3.05) is 31.6 Å². The molecule has 1 heterocycles. The third kappa shape index (κ3) is 5.28. The van der Waals surface area contributed by atoms with Crippen LogP contribution >= 0.6 is 12.2 Å². The minimum atomic E-state index is 0.163. The Balaban J connectivity index is 1.72. The van der Waals surface area contributed by atoms with Gasteiger partial charge < -0.3 is 15.4 Å². The minimum Gasteiger partial charge on any atom is -0.379 e. The van der Waals surface area contributed by atoms with Crippen molar-refractivity contribution in [2.24, 2.45) is 0 Å². The van der Waals surface area contributed by atoms with Crippen molar-refractivity contribution in [1.29, 1.82) is 0 Å². The van der Waals surface area contributed by atoms with Crippen molar-refractivity contribution >= 4 is 23.0 Å². The maximum atomic E-state index is 5.62. The quantitative estimate of drug-likeness (QED) is 0.762. The number of hydrogen-bond acceptors (Lipinski definition) is 3. The number of anilines is 1. The van der Waals surface area contributed by atoms with E-state index in [0.717, 1.165) is 32.0 Å². The second kappa shape index (κ2) is 9.31. The number of thiocarbonyl (C=S) groups is 1. The molecule has 1 aliphatic rings. The van der Waals surface area contributed by atoms with Gasteiger partial charge in [0, 0.05) is 24.8 Å². The number of hydrogen-bond donors (Lipinski definition) is 2. The maximum Gasteiger partial charge on any atom is 0.171 e. The van der Waals surface area contributed by atoms with Crippen LogP contribution in [0.4, 0.5) is 5.69 Å². The zero-order valence-electron chi connectivity index (χ0n) is 16.4. The van der Waals surface area contributed by atoms with Gasteiger partial charge in [0.2, 0.25) is 0 Å². The SMILES string of the molecule is Cc1ccc(C)c(NC(=S)N[C@H](C)[C@H](c2ccccc2)N2CCOCC2)c1. The van der Waals surface area contributed by atoms with Crippen molar-refractivity contribution < 1.29 is 4.74 Å². The monoisotopic (exact) mass is 383 g/mol. The van der Waals surface area contributed by atoms with Crippen LogP contribution in [-0.2, 0) is 4.74 Å². The number of aryl methyl sites for hydroxylation is 2. The van der Waals surface area contributed by atoms with Gasteiger partial charge in [-0.15, -0.1) is 0 Å². The molecule has 144 valence electrons. The first-order valence-electron chi connectivity index (χ1n) is 9.56. The summed E-state index contributed by atoms with van der Waals surface area (Å²) in [6.07, 6.45) is 0. The maximum absolute atomic E-state index is 5.62. The lowest BCUT2D eigenvalue weighted by Crippen LogP contribution is -2.49. The lowest BCUT2D eigenvalue weighted by molar-refractivity contribution is 0.0102. The van der Waals surface area contributed by atoms with Gasteiger partial charge in [-0.05, 0) is 55.7 Å². The third-order valence-electron chi connectivity index (χ3n) is 5.05. The molecule has 3 rings (SSSR count). The van der Waals surface area contributed by atoms with Gasteiger partial charge in [0.05, 0.1) is 19.3 Å². The molecule has 2 aromatic rings. The van der Waals surface area contributed by atoms with Crippen molar-refractivity contribution in [2.45, 2.75) is 32.9 Å². The Kier molecular flexibility index (Phi) is 6.83. The van der Waals surface area contributed by atoms with Gasteiger partial charge in [-0.25, -0.2) is 0 Å². The predicted molar refractivity (Wildman–Crippen MR) is 116 cm³/mol. The van der Waals surface area contributed by atoms with Gasteiger partial charge in [0.25, 0.3) is 0 Å². The van der Waals surface area contributed by atoms with Gasteiger partial charge >= 0.3 is 0 Å². The van der Waals surface area contributed by atoms with Crippen LogP contribution in [0, 0.1) is 13.8 Å². The molecule has 0 aliphatic carbocycles. The molecule has 0 unspecified atom stereocenters. The minimum absolute atomic E-state index is 0.163. The molecule has 0 spiro atoms. The molecule has 0 bridgehead atoms. The third-order valence-corrected chi connectivity index (χ3v) is 5.27. The first kappa shape index (κ1) is 19.8. The van der Waals surface area contributed by atoms with E-state index in [1.807, 2.05) is 0 Å². The lowest BCUT2D eigenvalue weighted by atomic mass is 9.98. The molecule has 5 heteroatoms. The summed E-state index contributed by atoms with van der Waals surface area (Å²) in [7, 11) is 0. The average Bonchev–Trinajstić information content (AvgIpc) is 2.66. The molecular weight excluding hydrogens is 354 g/mol. The highest BCUT2D eigenvalue weighted by atomic mass is 32.1.